The molecule has 1 aromatic carbocycles. The summed E-state index contributed by atoms with van der Waals surface area (Å²) < 4.78 is 1.73. The van der Waals surface area contributed by atoms with E-state index >= 15 is 0 Å². The molecule has 5 nitrogen and oxygen atoms in total. The minimum atomic E-state index is -0.135. The van der Waals surface area contributed by atoms with E-state index in [4.69, 9.17) is 17.3 Å². The van der Waals surface area contributed by atoms with Crippen LogP contribution in [0.2, 0.25) is 5.02 Å². The predicted molar refractivity (Wildman–Crippen MR) is 76.5 cm³/mol. The molecule has 100 valence electrons. The Hall–Kier alpha value is -1.40. The van der Waals surface area contributed by atoms with Gasteiger partial charge >= 0.3 is 5.69 Å². The number of thioether (sulfide) groups is 1. The number of nitrogens with two attached hydrogens (primary N) is 1. The van der Waals surface area contributed by atoms with Gasteiger partial charge in [0.1, 0.15) is 0 Å². The van der Waals surface area contributed by atoms with Gasteiger partial charge in [0, 0.05) is 22.5 Å². The molecule has 0 spiro atoms. The van der Waals surface area contributed by atoms with Crippen LogP contribution >= 0.6 is 23.4 Å². The molecule has 1 heterocycles. The first-order valence-electron chi connectivity index (χ1n) is 5.99. The summed E-state index contributed by atoms with van der Waals surface area (Å²) in [5, 5.41) is 7.93. The smallest absolute Gasteiger partial charge is 0.344 e. The highest BCUT2D eigenvalue weighted by atomic mass is 35.5. The van der Waals surface area contributed by atoms with Gasteiger partial charge in [0.2, 0.25) is 0 Å². The van der Waals surface area contributed by atoms with E-state index in [1.165, 1.54) is 11.8 Å². The van der Waals surface area contributed by atoms with Crippen LogP contribution < -0.4 is 11.4 Å². The van der Waals surface area contributed by atoms with E-state index in [-0.39, 0.29) is 5.69 Å². The van der Waals surface area contributed by atoms with Crippen molar-refractivity contribution in [1.82, 2.24) is 14.8 Å². The maximum Gasteiger partial charge on any atom is 0.344 e. The number of aromatic amines is 1. The summed E-state index contributed by atoms with van der Waals surface area (Å²) in [7, 11) is 0. The fraction of sp³-hybridized carbons (Fsp3) is 0.333. The lowest BCUT2D eigenvalue weighted by Crippen LogP contribution is -2.16. The maximum absolute atomic E-state index is 11.6. The maximum atomic E-state index is 11.6. The molecule has 1 aromatic heterocycles. The van der Waals surface area contributed by atoms with Gasteiger partial charge in [0.25, 0.3) is 0 Å². The first-order chi connectivity index (χ1) is 9.15. The second kappa shape index (κ2) is 4.94. The lowest BCUT2D eigenvalue weighted by Gasteiger charge is -2.06. The Kier molecular flexibility index (Phi) is 3.28. The fourth-order valence-corrected chi connectivity index (χ4v) is 3.10. The Balaban J connectivity index is 1.79. The molecule has 2 aromatic rings. The molecule has 7 heteroatoms. The van der Waals surface area contributed by atoms with Crippen LogP contribution in [-0.2, 0) is 5.75 Å². The van der Waals surface area contributed by atoms with E-state index in [0.29, 0.717) is 27.7 Å². The number of benzene rings is 1. The Morgan fingerprint density at radius 3 is 3.05 bits per heavy atom. The zero-order valence-electron chi connectivity index (χ0n) is 10.1. The second-order valence-corrected chi connectivity index (χ2v) is 5.92. The summed E-state index contributed by atoms with van der Waals surface area (Å²) in [4.78, 5) is 11.6. The summed E-state index contributed by atoms with van der Waals surface area (Å²) >= 11 is 7.45. The van der Waals surface area contributed by atoms with Crippen LogP contribution in [0, 0.1) is 0 Å². The average molecular weight is 297 g/mol. The Morgan fingerprint density at radius 1 is 1.53 bits per heavy atom. The summed E-state index contributed by atoms with van der Waals surface area (Å²) in [5.41, 5.74) is 7.42. The number of nitrogens with zero attached hydrogens (tertiary/aromatic N) is 2. The van der Waals surface area contributed by atoms with Crippen molar-refractivity contribution >= 4 is 29.1 Å². The van der Waals surface area contributed by atoms with Gasteiger partial charge in [-0.15, -0.1) is 5.10 Å². The Morgan fingerprint density at radius 2 is 2.32 bits per heavy atom. The first kappa shape index (κ1) is 12.6. The van der Waals surface area contributed by atoms with Gasteiger partial charge in [0.15, 0.2) is 5.16 Å². The van der Waals surface area contributed by atoms with Crippen LogP contribution in [0.15, 0.2) is 28.2 Å². The van der Waals surface area contributed by atoms with E-state index in [0.717, 1.165) is 18.4 Å². The molecule has 0 saturated heterocycles. The topological polar surface area (TPSA) is 76.7 Å². The molecule has 0 atom stereocenters. The monoisotopic (exact) mass is 296 g/mol. The van der Waals surface area contributed by atoms with Gasteiger partial charge in [-0.3, -0.25) is 4.57 Å². The van der Waals surface area contributed by atoms with E-state index in [9.17, 15) is 4.79 Å². The van der Waals surface area contributed by atoms with E-state index in [1.54, 1.807) is 16.7 Å². The SMILES string of the molecule is Nc1ccc(Cl)cc1CSc1n[nH]c(=O)n1C1CC1. The molecule has 1 aliphatic carbocycles. The average Bonchev–Trinajstić information content (AvgIpc) is 3.15. The normalized spacial score (nSPS) is 14.8. The molecule has 0 aliphatic heterocycles. The number of nitrogen functional groups attached to an aromatic ring is 1. The lowest BCUT2D eigenvalue weighted by molar-refractivity contribution is 0.642. The molecule has 1 saturated carbocycles. The van der Waals surface area contributed by atoms with Gasteiger partial charge in [0.05, 0.1) is 0 Å². The van der Waals surface area contributed by atoms with Crippen LogP contribution in [0.3, 0.4) is 0 Å². The minimum absolute atomic E-state index is 0.135. The van der Waals surface area contributed by atoms with E-state index < -0.39 is 0 Å². The molecule has 0 unspecified atom stereocenters. The van der Waals surface area contributed by atoms with Crippen molar-refractivity contribution in [2.24, 2.45) is 0 Å². The van der Waals surface area contributed by atoms with Crippen molar-refractivity contribution < 1.29 is 0 Å². The van der Waals surface area contributed by atoms with Crippen molar-refractivity contribution in [2.45, 2.75) is 29.8 Å². The third kappa shape index (κ3) is 2.64. The molecule has 1 fully saturated rings. The number of rotatable bonds is 4. The van der Waals surface area contributed by atoms with Gasteiger partial charge in [-0.25, -0.2) is 9.89 Å². The van der Waals surface area contributed by atoms with Gasteiger partial charge in [-0.1, -0.05) is 23.4 Å². The van der Waals surface area contributed by atoms with Gasteiger partial charge < -0.3 is 5.73 Å². The number of hydrogen-bond acceptors (Lipinski definition) is 4. The minimum Gasteiger partial charge on any atom is -0.398 e. The highest BCUT2D eigenvalue weighted by Crippen LogP contribution is 2.36. The van der Waals surface area contributed by atoms with Crippen LogP contribution in [0.4, 0.5) is 5.69 Å². The van der Waals surface area contributed by atoms with Crippen LogP contribution in [0.5, 0.6) is 0 Å². The van der Waals surface area contributed by atoms with Crippen molar-refractivity contribution in [3.05, 3.63) is 39.3 Å². The van der Waals surface area contributed by atoms with Gasteiger partial charge in [-0.2, -0.15) is 0 Å². The summed E-state index contributed by atoms with van der Waals surface area (Å²) in [5.74, 6) is 0.642. The van der Waals surface area contributed by atoms with Crippen LogP contribution in [0.1, 0.15) is 24.4 Å². The third-order valence-electron chi connectivity index (χ3n) is 3.05. The lowest BCUT2D eigenvalue weighted by atomic mass is 10.2. The quantitative estimate of drug-likeness (QED) is 0.671. The van der Waals surface area contributed by atoms with Crippen molar-refractivity contribution in [2.75, 3.05) is 5.73 Å². The molecular weight excluding hydrogens is 284 g/mol. The highest BCUT2D eigenvalue weighted by molar-refractivity contribution is 7.98. The van der Waals surface area contributed by atoms with Crippen molar-refractivity contribution in [3.63, 3.8) is 0 Å². The number of aromatic nitrogens is 3. The van der Waals surface area contributed by atoms with Crippen molar-refractivity contribution in [1.29, 1.82) is 0 Å². The Labute approximate surface area is 119 Å². The van der Waals surface area contributed by atoms with Crippen LogP contribution in [-0.4, -0.2) is 14.8 Å². The summed E-state index contributed by atoms with van der Waals surface area (Å²) in [6.45, 7) is 0. The number of nitrogens with one attached hydrogen (secondary N) is 1. The molecule has 3 N–H and O–H groups in total. The molecule has 1 aliphatic rings. The first-order valence-corrected chi connectivity index (χ1v) is 7.35. The largest absolute Gasteiger partial charge is 0.398 e. The molecular formula is C12H13ClN4OS. The van der Waals surface area contributed by atoms with Gasteiger partial charge in [-0.05, 0) is 36.6 Å². The Bertz CT molecular complexity index is 662. The van der Waals surface area contributed by atoms with E-state index in [1.807, 2.05) is 6.07 Å². The summed E-state index contributed by atoms with van der Waals surface area (Å²) in [6, 6.07) is 5.71. The molecule has 0 radical (unpaired) electrons. The molecule has 0 bridgehead atoms. The molecule has 0 amide bonds. The zero-order valence-corrected chi connectivity index (χ0v) is 11.7. The number of halogens is 1. The van der Waals surface area contributed by atoms with Crippen molar-refractivity contribution in [3.8, 4) is 0 Å². The number of hydrogen-bond donors (Lipinski definition) is 2. The number of anilines is 1. The third-order valence-corrected chi connectivity index (χ3v) is 4.28. The highest BCUT2D eigenvalue weighted by Gasteiger charge is 2.28. The second-order valence-electron chi connectivity index (χ2n) is 4.54. The predicted octanol–water partition coefficient (Wildman–Crippen LogP) is 2.43. The van der Waals surface area contributed by atoms with Crippen LogP contribution in [0.25, 0.3) is 0 Å². The fourth-order valence-electron chi connectivity index (χ4n) is 1.89. The standard InChI is InChI=1S/C12H13ClN4OS/c13-8-1-4-10(14)7(5-8)6-19-12-16-15-11(18)17(12)9-2-3-9/h1,4-5,9H,2-3,6,14H2,(H,15,18). The molecule has 3 rings (SSSR count). The molecule has 19 heavy (non-hydrogen) atoms. The van der Waals surface area contributed by atoms with E-state index in [2.05, 4.69) is 10.2 Å². The summed E-state index contributed by atoms with van der Waals surface area (Å²) in [6.07, 6.45) is 2.10. The number of H-pyrrole nitrogens is 1. The zero-order chi connectivity index (χ0) is 13.4.